The normalized spacial score (nSPS) is 12.8. The molecule has 73 heavy (non-hydrogen) atoms. The van der Waals surface area contributed by atoms with Gasteiger partial charge in [-0.1, -0.05) is 294 Å². The van der Waals surface area contributed by atoms with Gasteiger partial charge in [-0.2, -0.15) is 0 Å². The minimum atomic E-state index is -0.676. The van der Waals surface area contributed by atoms with Crippen molar-refractivity contribution in [1.82, 2.24) is 5.32 Å². The average molecular weight is 1030 g/mol. The number of allylic oxidation sites excluding steroid dienone is 6. The SMILES string of the molecule is CCCCC/C=C\C/C=C\CCCCCCCCCCCC(=O)OCCCCCC/C=C\CCCCCCCCCC(=O)NC(CO)C(O)CCCCCCCCCCCCCCCCCCCCCCCC. The van der Waals surface area contributed by atoms with E-state index in [1.54, 1.807) is 0 Å². The molecule has 2 atom stereocenters. The third kappa shape index (κ3) is 59.2. The maximum atomic E-state index is 12.5. The average Bonchev–Trinajstić information content (AvgIpc) is 3.39. The van der Waals surface area contributed by atoms with E-state index in [1.807, 2.05) is 0 Å². The van der Waals surface area contributed by atoms with Gasteiger partial charge in [-0.15, -0.1) is 0 Å². The Balaban J connectivity index is 3.46. The van der Waals surface area contributed by atoms with Crippen LogP contribution in [-0.2, 0) is 14.3 Å². The molecular formula is C67H127NO5. The summed E-state index contributed by atoms with van der Waals surface area (Å²) in [5.74, 6) is -0.0603. The molecule has 430 valence electrons. The second kappa shape index (κ2) is 62.6. The first kappa shape index (κ1) is 71.1. The number of amides is 1. The van der Waals surface area contributed by atoms with Crippen LogP contribution >= 0.6 is 0 Å². The van der Waals surface area contributed by atoms with E-state index in [2.05, 4.69) is 55.6 Å². The van der Waals surface area contributed by atoms with E-state index in [4.69, 9.17) is 4.74 Å². The zero-order valence-electron chi connectivity index (χ0n) is 49.1. The van der Waals surface area contributed by atoms with Gasteiger partial charge in [-0.3, -0.25) is 9.59 Å². The number of hydrogen-bond donors (Lipinski definition) is 3. The van der Waals surface area contributed by atoms with Crippen molar-refractivity contribution in [2.75, 3.05) is 13.2 Å². The van der Waals surface area contributed by atoms with Gasteiger partial charge in [-0.05, 0) is 83.5 Å². The summed E-state index contributed by atoms with van der Waals surface area (Å²) in [4.78, 5) is 24.6. The predicted octanol–water partition coefficient (Wildman–Crippen LogP) is 20.8. The highest BCUT2D eigenvalue weighted by atomic mass is 16.5. The van der Waals surface area contributed by atoms with Crippen LogP contribution in [0.15, 0.2) is 36.5 Å². The van der Waals surface area contributed by atoms with Gasteiger partial charge in [0.25, 0.3) is 0 Å². The summed E-state index contributed by atoms with van der Waals surface area (Å²) in [6.45, 7) is 4.92. The first-order valence-electron chi connectivity index (χ1n) is 32.7. The second-order valence-corrected chi connectivity index (χ2v) is 22.4. The van der Waals surface area contributed by atoms with Gasteiger partial charge in [0.2, 0.25) is 5.91 Å². The van der Waals surface area contributed by atoms with Crippen molar-refractivity contribution in [3.63, 3.8) is 0 Å². The topological polar surface area (TPSA) is 95.9 Å². The van der Waals surface area contributed by atoms with Gasteiger partial charge in [-0.25, -0.2) is 0 Å². The molecule has 0 aliphatic heterocycles. The van der Waals surface area contributed by atoms with E-state index in [0.717, 1.165) is 77.0 Å². The zero-order valence-corrected chi connectivity index (χ0v) is 49.1. The van der Waals surface area contributed by atoms with Crippen LogP contribution in [0, 0.1) is 0 Å². The fourth-order valence-electron chi connectivity index (χ4n) is 10.1. The number of carbonyl (C=O) groups excluding carboxylic acids is 2. The largest absolute Gasteiger partial charge is 0.466 e. The van der Waals surface area contributed by atoms with E-state index in [9.17, 15) is 19.8 Å². The fraction of sp³-hybridized carbons (Fsp3) is 0.881. The molecular weight excluding hydrogens is 899 g/mol. The van der Waals surface area contributed by atoms with Gasteiger partial charge in [0.05, 0.1) is 25.4 Å². The Kier molecular flexibility index (Phi) is 61.0. The lowest BCUT2D eigenvalue weighted by atomic mass is 10.0. The van der Waals surface area contributed by atoms with E-state index in [0.29, 0.717) is 25.9 Å². The maximum Gasteiger partial charge on any atom is 0.305 e. The summed E-state index contributed by atoms with van der Waals surface area (Å²) < 4.78 is 5.48. The van der Waals surface area contributed by atoms with Crippen LogP contribution in [0.4, 0.5) is 0 Å². The van der Waals surface area contributed by atoms with E-state index in [1.165, 1.54) is 244 Å². The lowest BCUT2D eigenvalue weighted by molar-refractivity contribution is -0.143. The predicted molar refractivity (Wildman–Crippen MR) is 319 cm³/mol. The molecule has 0 saturated carbocycles. The molecule has 0 heterocycles. The van der Waals surface area contributed by atoms with Crippen LogP contribution in [-0.4, -0.2) is 47.4 Å². The van der Waals surface area contributed by atoms with Crippen molar-refractivity contribution in [3.8, 4) is 0 Å². The molecule has 0 aromatic carbocycles. The molecule has 0 saturated heterocycles. The molecule has 3 N–H and O–H groups in total. The minimum absolute atomic E-state index is 0.0131. The molecule has 0 radical (unpaired) electrons. The Bertz CT molecular complexity index is 1180. The molecule has 6 heteroatoms. The molecule has 0 rings (SSSR count). The molecule has 1 amide bonds. The molecule has 0 fully saturated rings. The van der Waals surface area contributed by atoms with Crippen molar-refractivity contribution >= 4 is 11.9 Å². The third-order valence-corrected chi connectivity index (χ3v) is 15.2. The number of aliphatic hydroxyl groups is 2. The summed E-state index contributed by atoms with van der Waals surface area (Å²) >= 11 is 0. The number of hydrogen-bond acceptors (Lipinski definition) is 5. The highest BCUT2D eigenvalue weighted by molar-refractivity contribution is 5.76. The highest BCUT2D eigenvalue weighted by Crippen LogP contribution is 2.18. The van der Waals surface area contributed by atoms with Crippen molar-refractivity contribution in [2.45, 2.75) is 366 Å². The summed E-state index contributed by atoms with van der Waals surface area (Å²) in [6.07, 6.45) is 78.7. The van der Waals surface area contributed by atoms with Crippen molar-refractivity contribution in [3.05, 3.63) is 36.5 Å². The molecule has 0 aliphatic carbocycles. The Morgan fingerprint density at radius 3 is 1.08 bits per heavy atom. The van der Waals surface area contributed by atoms with Gasteiger partial charge < -0.3 is 20.3 Å². The van der Waals surface area contributed by atoms with Crippen LogP contribution in [0.25, 0.3) is 0 Å². The van der Waals surface area contributed by atoms with Crippen molar-refractivity contribution in [2.24, 2.45) is 0 Å². The van der Waals surface area contributed by atoms with Crippen LogP contribution in [0.2, 0.25) is 0 Å². The molecule has 0 aromatic heterocycles. The number of aliphatic hydroxyl groups excluding tert-OH is 2. The number of ether oxygens (including phenoxy) is 1. The smallest absolute Gasteiger partial charge is 0.305 e. The summed E-state index contributed by atoms with van der Waals surface area (Å²) in [6, 6.07) is -0.555. The van der Waals surface area contributed by atoms with Gasteiger partial charge in [0.1, 0.15) is 0 Å². The third-order valence-electron chi connectivity index (χ3n) is 15.2. The van der Waals surface area contributed by atoms with Gasteiger partial charge >= 0.3 is 5.97 Å². The molecule has 0 aromatic rings. The fourth-order valence-corrected chi connectivity index (χ4v) is 10.1. The Labute approximate surface area is 455 Å². The summed E-state index contributed by atoms with van der Waals surface area (Å²) in [5, 5.41) is 23.4. The quantitative estimate of drug-likeness (QED) is 0.0320. The minimum Gasteiger partial charge on any atom is -0.466 e. The molecule has 6 nitrogen and oxygen atoms in total. The first-order chi connectivity index (χ1) is 36.0. The summed E-state index contributed by atoms with van der Waals surface area (Å²) in [7, 11) is 0. The van der Waals surface area contributed by atoms with Crippen LogP contribution in [0.1, 0.15) is 354 Å². The summed E-state index contributed by atoms with van der Waals surface area (Å²) in [5.41, 5.74) is 0. The Morgan fingerprint density at radius 2 is 0.685 bits per heavy atom. The molecule has 0 spiro atoms. The number of nitrogens with one attached hydrogen (secondary N) is 1. The lowest BCUT2D eigenvalue weighted by Crippen LogP contribution is -2.45. The standard InChI is InChI=1S/C67H127NO5/c1-3-5-7-9-11-13-15-17-19-21-23-24-25-27-28-31-35-39-43-47-51-55-59-65(70)64(63-69)68-66(71)60-56-52-48-44-40-36-32-30-34-38-42-46-50-54-58-62-73-67(72)61-57-53-49-45-41-37-33-29-26-22-20-18-16-14-12-10-8-6-4-2/h12,14,18,20,34,38,64-65,69-70H,3-11,13,15-17,19,21-33,35-37,39-63H2,1-2H3,(H,68,71)/b14-12-,20-18-,38-34-. The van der Waals surface area contributed by atoms with Crippen LogP contribution in [0.3, 0.4) is 0 Å². The van der Waals surface area contributed by atoms with Gasteiger partial charge in [0, 0.05) is 12.8 Å². The van der Waals surface area contributed by atoms with Gasteiger partial charge in [0.15, 0.2) is 0 Å². The maximum absolute atomic E-state index is 12.5. The number of rotatable bonds is 61. The van der Waals surface area contributed by atoms with E-state index in [-0.39, 0.29) is 18.5 Å². The van der Waals surface area contributed by atoms with Crippen molar-refractivity contribution in [1.29, 1.82) is 0 Å². The van der Waals surface area contributed by atoms with Crippen molar-refractivity contribution < 1.29 is 24.5 Å². The monoisotopic (exact) mass is 1030 g/mol. The van der Waals surface area contributed by atoms with E-state index < -0.39 is 12.1 Å². The van der Waals surface area contributed by atoms with Crippen LogP contribution < -0.4 is 5.32 Å². The molecule has 2 unspecified atom stereocenters. The lowest BCUT2D eigenvalue weighted by Gasteiger charge is -2.22. The number of esters is 1. The second-order valence-electron chi connectivity index (χ2n) is 22.4. The number of carbonyl (C=O) groups is 2. The Hall–Kier alpha value is -1.92. The first-order valence-corrected chi connectivity index (χ1v) is 32.7. The Morgan fingerprint density at radius 1 is 0.384 bits per heavy atom. The number of unbranched alkanes of at least 4 members (excludes halogenated alkanes) is 44. The molecule has 0 aliphatic rings. The highest BCUT2D eigenvalue weighted by Gasteiger charge is 2.20. The molecule has 0 bridgehead atoms. The van der Waals surface area contributed by atoms with E-state index >= 15 is 0 Å². The zero-order chi connectivity index (χ0) is 52.9. The van der Waals surface area contributed by atoms with Crippen LogP contribution in [0.5, 0.6) is 0 Å².